The predicted molar refractivity (Wildman–Crippen MR) is 198 cm³/mol. The molecule has 46 heavy (non-hydrogen) atoms. The first-order chi connectivity index (χ1) is 22.8. The Hall–Kier alpha value is -5.70. The van der Waals surface area contributed by atoms with Crippen LogP contribution in [0.15, 0.2) is 161 Å². The van der Waals surface area contributed by atoms with Gasteiger partial charge in [0.15, 0.2) is 0 Å². The molecular formula is C44H26OS. The van der Waals surface area contributed by atoms with Crippen LogP contribution < -0.4 is 0 Å². The van der Waals surface area contributed by atoms with Crippen molar-refractivity contribution in [1.82, 2.24) is 0 Å². The summed E-state index contributed by atoms with van der Waals surface area (Å²) < 4.78 is 7.97. The number of thiophene rings is 1. The number of benzene rings is 8. The van der Waals surface area contributed by atoms with E-state index < -0.39 is 0 Å². The molecule has 0 aliphatic heterocycles. The van der Waals surface area contributed by atoms with Gasteiger partial charge in [0.05, 0.1) is 0 Å². The summed E-state index contributed by atoms with van der Waals surface area (Å²) in [6.07, 6.45) is 0. The van der Waals surface area contributed by atoms with Gasteiger partial charge in [-0.3, -0.25) is 0 Å². The molecule has 1 nitrogen and oxygen atoms in total. The third-order valence-corrected chi connectivity index (χ3v) is 10.5. The summed E-state index contributed by atoms with van der Waals surface area (Å²) >= 11 is 1.84. The lowest BCUT2D eigenvalue weighted by atomic mass is 9.85. The zero-order valence-electron chi connectivity index (χ0n) is 24.8. The van der Waals surface area contributed by atoms with Crippen molar-refractivity contribution in [3.8, 4) is 33.4 Å². The molecule has 0 N–H and O–H groups in total. The molecule has 2 heterocycles. The Bertz CT molecular complexity index is 2740. The quantitative estimate of drug-likeness (QED) is 0.183. The first-order valence-corrected chi connectivity index (χ1v) is 16.6. The second-order valence-electron chi connectivity index (χ2n) is 12.0. The van der Waals surface area contributed by atoms with Crippen LogP contribution in [-0.2, 0) is 0 Å². The Morgan fingerprint density at radius 2 is 0.978 bits per heavy atom. The summed E-state index contributed by atoms with van der Waals surface area (Å²) in [6.45, 7) is 0. The molecule has 0 bridgehead atoms. The number of furan rings is 1. The van der Waals surface area contributed by atoms with Crippen molar-refractivity contribution in [2.45, 2.75) is 0 Å². The average Bonchev–Trinajstić information content (AvgIpc) is 3.72. The highest BCUT2D eigenvalue weighted by atomic mass is 32.1. The maximum absolute atomic E-state index is 6.69. The molecule has 0 atom stereocenters. The molecule has 10 aromatic rings. The normalized spacial score (nSPS) is 11.9. The summed E-state index contributed by atoms with van der Waals surface area (Å²) in [4.78, 5) is 0. The summed E-state index contributed by atoms with van der Waals surface area (Å²) in [5.74, 6) is 0. The molecule has 2 aromatic heterocycles. The van der Waals surface area contributed by atoms with Crippen molar-refractivity contribution in [2.75, 3.05) is 0 Å². The zero-order valence-corrected chi connectivity index (χ0v) is 25.6. The summed E-state index contributed by atoms with van der Waals surface area (Å²) in [6, 6.07) is 54.7. The van der Waals surface area contributed by atoms with Gasteiger partial charge in [-0.1, -0.05) is 140 Å². The van der Waals surface area contributed by atoms with Crippen LogP contribution in [0.5, 0.6) is 0 Å². The fraction of sp³-hybridized carbons (Fsp3) is 0. The Kier molecular flexibility index (Phi) is 5.51. The SMILES string of the molecule is c1ccc(-c2c3ccccc3c(-c3cc4oc5ccccc5c4c4c(-c5cccc6ccccc56)csc34)c3ccccc23)cc1. The molecule has 214 valence electrons. The van der Waals surface area contributed by atoms with E-state index in [9.17, 15) is 0 Å². The number of hydrogen-bond donors (Lipinski definition) is 0. The fourth-order valence-electron chi connectivity index (χ4n) is 7.60. The van der Waals surface area contributed by atoms with Crippen LogP contribution in [0.25, 0.3) is 97.7 Å². The first-order valence-electron chi connectivity index (χ1n) is 15.7. The van der Waals surface area contributed by atoms with E-state index in [1.165, 1.54) is 81.2 Å². The monoisotopic (exact) mass is 602 g/mol. The van der Waals surface area contributed by atoms with Gasteiger partial charge >= 0.3 is 0 Å². The molecule has 0 saturated heterocycles. The Labute approximate surface area is 269 Å². The molecule has 2 heteroatoms. The molecule has 0 amide bonds. The third-order valence-electron chi connectivity index (χ3n) is 9.53. The van der Waals surface area contributed by atoms with E-state index in [1.54, 1.807) is 0 Å². The zero-order chi connectivity index (χ0) is 30.2. The van der Waals surface area contributed by atoms with E-state index in [4.69, 9.17) is 4.42 Å². The minimum atomic E-state index is 0.917. The van der Waals surface area contributed by atoms with Gasteiger partial charge in [0.25, 0.3) is 0 Å². The van der Waals surface area contributed by atoms with Gasteiger partial charge in [-0.25, -0.2) is 0 Å². The van der Waals surface area contributed by atoms with Crippen molar-refractivity contribution in [1.29, 1.82) is 0 Å². The molecule has 0 radical (unpaired) electrons. The second kappa shape index (κ2) is 9.90. The van der Waals surface area contributed by atoms with Gasteiger partial charge in [0.1, 0.15) is 11.2 Å². The Morgan fingerprint density at radius 3 is 1.72 bits per heavy atom. The number of hydrogen-bond acceptors (Lipinski definition) is 2. The van der Waals surface area contributed by atoms with Gasteiger partial charge in [-0.2, -0.15) is 0 Å². The fourth-order valence-corrected chi connectivity index (χ4v) is 8.70. The maximum Gasteiger partial charge on any atom is 0.136 e. The van der Waals surface area contributed by atoms with E-state index in [0.29, 0.717) is 0 Å². The van der Waals surface area contributed by atoms with Crippen LogP contribution in [0.2, 0.25) is 0 Å². The van der Waals surface area contributed by atoms with Crippen LogP contribution in [0, 0.1) is 0 Å². The highest BCUT2D eigenvalue weighted by Gasteiger charge is 2.24. The van der Waals surface area contributed by atoms with Gasteiger partial charge in [0.2, 0.25) is 0 Å². The van der Waals surface area contributed by atoms with Crippen LogP contribution in [0.1, 0.15) is 0 Å². The van der Waals surface area contributed by atoms with Crippen molar-refractivity contribution < 1.29 is 4.42 Å². The van der Waals surface area contributed by atoms with E-state index in [0.717, 1.165) is 16.6 Å². The molecule has 0 aliphatic rings. The van der Waals surface area contributed by atoms with E-state index in [2.05, 4.69) is 157 Å². The minimum Gasteiger partial charge on any atom is -0.456 e. The number of para-hydroxylation sites is 1. The molecule has 0 spiro atoms. The summed E-state index contributed by atoms with van der Waals surface area (Å²) in [5.41, 5.74) is 9.32. The van der Waals surface area contributed by atoms with Crippen molar-refractivity contribution in [3.05, 3.63) is 157 Å². The lowest BCUT2D eigenvalue weighted by Gasteiger charge is -2.18. The van der Waals surface area contributed by atoms with Crippen LogP contribution >= 0.6 is 11.3 Å². The predicted octanol–water partition coefficient (Wildman–Crippen LogP) is 13.3. The maximum atomic E-state index is 6.69. The molecule has 0 unspecified atom stereocenters. The second-order valence-corrected chi connectivity index (χ2v) is 12.9. The minimum absolute atomic E-state index is 0.917. The topological polar surface area (TPSA) is 13.1 Å². The average molecular weight is 603 g/mol. The molecular weight excluding hydrogens is 577 g/mol. The van der Waals surface area contributed by atoms with Crippen LogP contribution in [-0.4, -0.2) is 0 Å². The standard InChI is InChI=1S/C44H26OS/c1-2-14-28(15-3-1)40-31-18-6-8-20-33(31)41(34-21-9-7-19-32(34)40)36-25-39-42(35-22-10-11-24-38(35)45-39)43-37(26-46-44(36)43)30-23-12-16-27-13-4-5-17-29(27)30/h1-26H. The number of rotatable bonds is 3. The lowest BCUT2D eigenvalue weighted by Crippen LogP contribution is -1.91. The van der Waals surface area contributed by atoms with Crippen molar-refractivity contribution in [3.63, 3.8) is 0 Å². The largest absolute Gasteiger partial charge is 0.456 e. The van der Waals surface area contributed by atoms with E-state index in [-0.39, 0.29) is 0 Å². The molecule has 10 rings (SSSR count). The van der Waals surface area contributed by atoms with Gasteiger partial charge < -0.3 is 4.42 Å². The molecule has 0 fully saturated rings. The summed E-state index contributed by atoms with van der Waals surface area (Å²) in [7, 11) is 0. The molecule has 0 aliphatic carbocycles. The molecule has 8 aromatic carbocycles. The third kappa shape index (κ3) is 3.62. The molecule has 0 saturated carbocycles. The van der Waals surface area contributed by atoms with Crippen LogP contribution in [0.4, 0.5) is 0 Å². The van der Waals surface area contributed by atoms with Gasteiger partial charge in [0, 0.05) is 32.0 Å². The first kappa shape index (κ1) is 25.6. The number of fused-ring (bicyclic) bond motifs is 8. The van der Waals surface area contributed by atoms with E-state index in [1.807, 2.05) is 11.3 Å². The Balaban J connectivity index is 1.40. The Morgan fingerprint density at radius 1 is 0.391 bits per heavy atom. The van der Waals surface area contributed by atoms with E-state index >= 15 is 0 Å². The smallest absolute Gasteiger partial charge is 0.136 e. The highest BCUT2D eigenvalue weighted by Crippen LogP contribution is 2.51. The van der Waals surface area contributed by atoms with Gasteiger partial charge in [-0.15, -0.1) is 11.3 Å². The highest BCUT2D eigenvalue weighted by molar-refractivity contribution is 7.18. The summed E-state index contributed by atoms with van der Waals surface area (Å²) in [5, 5.41) is 13.5. The van der Waals surface area contributed by atoms with Crippen molar-refractivity contribution >= 4 is 75.7 Å². The lowest BCUT2D eigenvalue weighted by molar-refractivity contribution is 0.669. The van der Waals surface area contributed by atoms with Crippen LogP contribution in [0.3, 0.4) is 0 Å². The van der Waals surface area contributed by atoms with Crippen molar-refractivity contribution in [2.24, 2.45) is 0 Å². The van der Waals surface area contributed by atoms with Gasteiger partial charge in [-0.05, 0) is 72.1 Å².